The van der Waals surface area contributed by atoms with E-state index in [0.29, 0.717) is 6.42 Å². The van der Waals surface area contributed by atoms with Gasteiger partial charge in [0.1, 0.15) is 0 Å². The fourth-order valence-electron chi connectivity index (χ4n) is 2.65. The molecule has 1 aromatic rings. The van der Waals surface area contributed by atoms with Crippen molar-refractivity contribution in [2.75, 3.05) is 13.2 Å². The highest BCUT2D eigenvalue weighted by Crippen LogP contribution is 2.15. The molecule has 0 aliphatic rings. The Bertz CT molecular complexity index is 408. The molecule has 0 unspecified atom stereocenters. The molecule has 0 saturated carbocycles. The van der Waals surface area contributed by atoms with Crippen molar-refractivity contribution < 1.29 is 10.2 Å². The molecule has 0 saturated heterocycles. The summed E-state index contributed by atoms with van der Waals surface area (Å²) in [5.74, 6) is 0. The van der Waals surface area contributed by atoms with Gasteiger partial charge in [-0.2, -0.15) is 0 Å². The quantitative estimate of drug-likeness (QED) is 0.508. The van der Waals surface area contributed by atoms with Crippen LogP contribution in [0.25, 0.3) is 0 Å². The Labute approximate surface area is 147 Å². The van der Waals surface area contributed by atoms with Gasteiger partial charge < -0.3 is 15.9 Å². The van der Waals surface area contributed by atoms with Gasteiger partial charge in [0.15, 0.2) is 0 Å². The largest absolute Gasteiger partial charge is 0.394 e. The minimum atomic E-state index is -0.866. The maximum atomic E-state index is 9.24. The second kappa shape index (κ2) is 12.8. The lowest BCUT2D eigenvalue weighted by Crippen LogP contribution is -2.47. The normalized spacial score (nSPS) is 11.3. The summed E-state index contributed by atoms with van der Waals surface area (Å²) in [5, 5.41) is 18.5. The number of aliphatic hydroxyl groups excluding tert-OH is 2. The number of rotatable bonds is 12. The molecular formula is C19H34ClNO2. The molecule has 4 heteroatoms. The van der Waals surface area contributed by atoms with E-state index in [0.717, 1.165) is 12.8 Å². The molecule has 23 heavy (non-hydrogen) atoms. The predicted molar refractivity (Wildman–Crippen MR) is 100 cm³/mol. The van der Waals surface area contributed by atoms with Crippen LogP contribution >= 0.6 is 12.4 Å². The Kier molecular flexibility index (Phi) is 12.4. The lowest BCUT2D eigenvalue weighted by atomic mass is 9.93. The molecule has 0 fully saturated rings. The molecule has 0 amide bonds. The fourth-order valence-corrected chi connectivity index (χ4v) is 2.65. The Morgan fingerprint density at radius 1 is 0.913 bits per heavy atom. The van der Waals surface area contributed by atoms with Gasteiger partial charge in [-0.25, -0.2) is 0 Å². The van der Waals surface area contributed by atoms with Crippen LogP contribution in [0.1, 0.15) is 63.0 Å². The highest BCUT2D eigenvalue weighted by Gasteiger charge is 2.22. The molecule has 0 spiro atoms. The van der Waals surface area contributed by atoms with Gasteiger partial charge in [0.05, 0.1) is 18.8 Å². The molecule has 0 radical (unpaired) electrons. The first-order chi connectivity index (χ1) is 10.6. The third-order valence-corrected chi connectivity index (χ3v) is 4.35. The van der Waals surface area contributed by atoms with Crippen molar-refractivity contribution in [1.29, 1.82) is 0 Å². The van der Waals surface area contributed by atoms with Crippen molar-refractivity contribution in [3.8, 4) is 0 Å². The SMILES string of the molecule is CCCCCCCCc1cccc(CCC(N)(CO)CO)c1.Cl. The molecular weight excluding hydrogens is 310 g/mol. The monoisotopic (exact) mass is 343 g/mol. The van der Waals surface area contributed by atoms with E-state index in [2.05, 4.69) is 31.2 Å². The Balaban J connectivity index is 0.00000484. The van der Waals surface area contributed by atoms with Crippen LogP contribution in [0.2, 0.25) is 0 Å². The summed E-state index contributed by atoms with van der Waals surface area (Å²) in [7, 11) is 0. The van der Waals surface area contributed by atoms with Crippen molar-refractivity contribution in [3.05, 3.63) is 35.4 Å². The molecule has 0 heterocycles. The number of hydrogen-bond donors (Lipinski definition) is 3. The highest BCUT2D eigenvalue weighted by atomic mass is 35.5. The van der Waals surface area contributed by atoms with Crippen LogP contribution in [0.4, 0.5) is 0 Å². The molecule has 0 aliphatic heterocycles. The summed E-state index contributed by atoms with van der Waals surface area (Å²) in [6.45, 7) is 1.89. The van der Waals surface area contributed by atoms with E-state index < -0.39 is 5.54 Å². The van der Waals surface area contributed by atoms with Gasteiger partial charge in [-0.1, -0.05) is 63.3 Å². The summed E-state index contributed by atoms with van der Waals surface area (Å²) >= 11 is 0. The first-order valence-electron chi connectivity index (χ1n) is 8.72. The average molecular weight is 344 g/mol. The molecule has 0 atom stereocenters. The molecule has 0 aromatic heterocycles. The first kappa shape index (κ1) is 22.4. The van der Waals surface area contributed by atoms with Crippen molar-refractivity contribution >= 4 is 12.4 Å². The van der Waals surface area contributed by atoms with Crippen LogP contribution < -0.4 is 5.73 Å². The number of hydrogen-bond acceptors (Lipinski definition) is 3. The maximum Gasteiger partial charge on any atom is 0.0633 e. The number of unbranched alkanes of at least 4 members (excludes halogenated alkanes) is 5. The standard InChI is InChI=1S/C19H33NO2.ClH/c1-2-3-4-5-6-7-9-17-10-8-11-18(14-17)12-13-19(20,15-21)16-22;/h8,10-11,14,21-22H,2-7,9,12-13,15-16,20H2,1H3;1H. The van der Waals surface area contributed by atoms with Gasteiger partial charge >= 0.3 is 0 Å². The minimum absolute atomic E-state index is 0. The zero-order valence-electron chi connectivity index (χ0n) is 14.5. The van der Waals surface area contributed by atoms with E-state index in [9.17, 15) is 10.2 Å². The smallest absolute Gasteiger partial charge is 0.0633 e. The third-order valence-electron chi connectivity index (χ3n) is 4.35. The van der Waals surface area contributed by atoms with E-state index in [1.807, 2.05) is 0 Å². The maximum absolute atomic E-state index is 9.24. The number of aryl methyl sites for hydroxylation is 2. The molecule has 3 nitrogen and oxygen atoms in total. The number of aliphatic hydroxyl groups is 2. The predicted octanol–water partition coefficient (Wildman–Crippen LogP) is 3.63. The fraction of sp³-hybridized carbons (Fsp3) is 0.684. The van der Waals surface area contributed by atoms with Crippen LogP contribution in [0.3, 0.4) is 0 Å². The first-order valence-corrected chi connectivity index (χ1v) is 8.72. The highest BCUT2D eigenvalue weighted by molar-refractivity contribution is 5.85. The van der Waals surface area contributed by atoms with Crippen LogP contribution in [-0.4, -0.2) is 29.0 Å². The zero-order valence-corrected chi connectivity index (χ0v) is 15.3. The lowest BCUT2D eigenvalue weighted by molar-refractivity contribution is 0.115. The minimum Gasteiger partial charge on any atom is -0.394 e. The van der Waals surface area contributed by atoms with E-state index in [1.165, 1.54) is 49.7 Å². The van der Waals surface area contributed by atoms with E-state index in [-0.39, 0.29) is 25.6 Å². The van der Waals surface area contributed by atoms with Gasteiger partial charge in [0.2, 0.25) is 0 Å². The zero-order chi connectivity index (χ0) is 16.3. The number of benzene rings is 1. The van der Waals surface area contributed by atoms with Gasteiger partial charge in [-0.05, 0) is 36.8 Å². The van der Waals surface area contributed by atoms with Gasteiger partial charge in [0.25, 0.3) is 0 Å². The summed E-state index contributed by atoms with van der Waals surface area (Å²) in [6.07, 6.45) is 10.4. The molecule has 1 rings (SSSR count). The Morgan fingerprint density at radius 3 is 2.09 bits per heavy atom. The molecule has 4 N–H and O–H groups in total. The molecule has 0 bridgehead atoms. The molecule has 0 aliphatic carbocycles. The van der Waals surface area contributed by atoms with Crippen molar-refractivity contribution in [3.63, 3.8) is 0 Å². The number of nitrogens with two attached hydrogens (primary N) is 1. The van der Waals surface area contributed by atoms with Crippen molar-refractivity contribution in [2.45, 2.75) is 70.3 Å². The van der Waals surface area contributed by atoms with Gasteiger partial charge in [0, 0.05) is 0 Å². The van der Waals surface area contributed by atoms with Crippen LogP contribution in [-0.2, 0) is 12.8 Å². The summed E-state index contributed by atoms with van der Waals surface area (Å²) in [4.78, 5) is 0. The van der Waals surface area contributed by atoms with E-state index in [1.54, 1.807) is 0 Å². The van der Waals surface area contributed by atoms with Gasteiger partial charge in [-0.3, -0.25) is 0 Å². The summed E-state index contributed by atoms with van der Waals surface area (Å²) in [5.41, 5.74) is 7.67. The summed E-state index contributed by atoms with van der Waals surface area (Å²) < 4.78 is 0. The average Bonchev–Trinajstić information content (AvgIpc) is 2.56. The van der Waals surface area contributed by atoms with Crippen LogP contribution in [0, 0.1) is 0 Å². The third kappa shape index (κ3) is 9.31. The number of halogens is 1. The van der Waals surface area contributed by atoms with Crippen molar-refractivity contribution in [1.82, 2.24) is 0 Å². The van der Waals surface area contributed by atoms with E-state index >= 15 is 0 Å². The second-order valence-corrected chi connectivity index (χ2v) is 6.52. The molecule has 1 aromatic carbocycles. The second-order valence-electron chi connectivity index (χ2n) is 6.52. The lowest BCUT2D eigenvalue weighted by Gasteiger charge is -2.24. The topological polar surface area (TPSA) is 66.5 Å². The Morgan fingerprint density at radius 2 is 1.48 bits per heavy atom. The Hall–Kier alpha value is -0.610. The molecule has 134 valence electrons. The van der Waals surface area contributed by atoms with Crippen LogP contribution in [0.5, 0.6) is 0 Å². The summed E-state index contributed by atoms with van der Waals surface area (Å²) in [6, 6.07) is 8.61. The van der Waals surface area contributed by atoms with Crippen LogP contribution in [0.15, 0.2) is 24.3 Å². The van der Waals surface area contributed by atoms with E-state index in [4.69, 9.17) is 5.73 Å². The van der Waals surface area contributed by atoms with Gasteiger partial charge in [-0.15, -0.1) is 12.4 Å². The van der Waals surface area contributed by atoms with Crippen molar-refractivity contribution in [2.24, 2.45) is 5.73 Å².